The number of piperidine rings is 1. The van der Waals surface area contributed by atoms with Gasteiger partial charge in [-0.3, -0.25) is 0 Å². The standard InChI is InChI=1S/C18H23N5O3/c24-14-11-26-15-13(10-25-16(14)15)23-7-4-19-17(23)12-8-20-18(21-9-12)22-5-2-1-3-6-22/h4,7-9,13-16,24H,1-3,5-6,10-11H2/t13-,14+,15+,16+/m0/s1. The first kappa shape index (κ1) is 16.2. The number of anilines is 1. The summed E-state index contributed by atoms with van der Waals surface area (Å²) in [5.41, 5.74) is 0.873. The number of fused-ring (bicyclic) bond motifs is 1. The fourth-order valence-electron chi connectivity index (χ4n) is 4.20. The molecule has 0 saturated carbocycles. The summed E-state index contributed by atoms with van der Waals surface area (Å²) in [6.07, 6.45) is 10.1. The van der Waals surface area contributed by atoms with E-state index in [-0.39, 0.29) is 18.2 Å². The van der Waals surface area contributed by atoms with Crippen molar-refractivity contribution in [3.05, 3.63) is 24.8 Å². The lowest BCUT2D eigenvalue weighted by atomic mass is 10.1. The summed E-state index contributed by atoms with van der Waals surface area (Å²) < 4.78 is 13.6. The van der Waals surface area contributed by atoms with E-state index in [0.29, 0.717) is 13.2 Å². The van der Waals surface area contributed by atoms with Gasteiger partial charge in [0.25, 0.3) is 0 Å². The van der Waals surface area contributed by atoms with Crippen LogP contribution < -0.4 is 4.90 Å². The molecule has 8 heteroatoms. The van der Waals surface area contributed by atoms with Gasteiger partial charge in [0.05, 0.1) is 24.8 Å². The Morgan fingerprint density at radius 3 is 2.54 bits per heavy atom. The van der Waals surface area contributed by atoms with E-state index < -0.39 is 6.10 Å². The van der Waals surface area contributed by atoms with Crippen molar-refractivity contribution in [3.8, 4) is 11.4 Å². The van der Waals surface area contributed by atoms with Crippen LogP contribution in [0.15, 0.2) is 24.8 Å². The average Bonchev–Trinajstić information content (AvgIpc) is 3.40. The number of aliphatic hydroxyl groups is 1. The van der Waals surface area contributed by atoms with Crippen molar-refractivity contribution in [3.63, 3.8) is 0 Å². The lowest BCUT2D eigenvalue weighted by molar-refractivity contribution is 0.0172. The fourth-order valence-corrected chi connectivity index (χ4v) is 4.20. The van der Waals surface area contributed by atoms with Crippen LogP contribution in [0.1, 0.15) is 25.3 Å². The molecule has 4 atom stereocenters. The summed E-state index contributed by atoms with van der Waals surface area (Å²) in [5, 5.41) is 9.96. The number of rotatable bonds is 3. The monoisotopic (exact) mass is 357 g/mol. The van der Waals surface area contributed by atoms with Crippen molar-refractivity contribution in [2.75, 3.05) is 31.2 Å². The maximum absolute atomic E-state index is 9.96. The Kier molecular flexibility index (Phi) is 4.11. The normalized spacial score (nSPS) is 31.3. The zero-order valence-electron chi connectivity index (χ0n) is 14.6. The Morgan fingerprint density at radius 2 is 1.73 bits per heavy atom. The van der Waals surface area contributed by atoms with Gasteiger partial charge < -0.3 is 24.0 Å². The Morgan fingerprint density at radius 1 is 0.962 bits per heavy atom. The summed E-state index contributed by atoms with van der Waals surface area (Å²) in [6, 6.07) is -0.00331. The van der Waals surface area contributed by atoms with Gasteiger partial charge in [-0.15, -0.1) is 0 Å². The third-order valence-electron chi connectivity index (χ3n) is 5.56. The molecule has 5 rings (SSSR count). The summed E-state index contributed by atoms with van der Waals surface area (Å²) in [4.78, 5) is 15.9. The number of imidazole rings is 1. The van der Waals surface area contributed by atoms with E-state index in [1.807, 2.05) is 18.6 Å². The van der Waals surface area contributed by atoms with Crippen LogP contribution in [0, 0.1) is 0 Å². The smallest absolute Gasteiger partial charge is 0.225 e. The summed E-state index contributed by atoms with van der Waals surface area (Å²) in [6.45, 7) is 2.87. The van der Waals surface area contributed by atoms with Crippen molar-refractivity contribution in [2.24, 2.45) is 0 Å². The van der Waals surface area contributed by atoms with Gasteiger partial charge in [0.15, 0.2) is 0 Å². The molecular formula is C18H23N5O3. The van der Waals surface area contributed by atoms with Crippen molar-refractivity contribution in [1.82, 2.24) is 19.5 Å². The van der Waals surface area contributed by atoms with E-state index in [1.165, 1.54) is 19.3 Å². The molecule has 1 N–H and O–H groups in total. The van der Waals surface area contributed by atoms with E-state index in [1.54, 1.807) is 6.20 Å². The Hall–Kier alpha value is -2.03. The maximum Gasteiger partial charge on any atom is 0.225 e. The third kappa shape index (κ3) is 2.69. The van der Waals surface area contributed by atoms with E-state index in [4.69, 9.17) is 9.47 Å². The van der Waals surface area contributed by atoms with Gasteiger partial charge in [0.2, 0.25) is 5.95 Å². The first-order valence-corrected chi connectivity index (χ1v) is 9.33. The molecule has 2 aromatic rings. The Bertz CT molecular complexity index is 758. The molecule has 5 heterocycles. The van der Waals surface area contributed by atoms with Gasteiger partial charge in [0.1, 0.15) is 24.1 Å². The number of aliphatic hydroxyl groups excluding tert-OH is 1. The van der Waals surface area contributed by atoms with E-state index in [2.05, 4.69) is 24.4 Å². The van der Waals surface area contributed by atoms with Gasteiger partial charge in [-0.25, -0.2) is 15.0 Å². The molecule has 0 radical (unpaired) electrons. The van der Waals surface area contributed by atoms with Crippen LogP contribution in [0.3, 0.4) is 0 Å². The molecule has 0 amide bonds. The quantitative estimate of drug-likeness (QED) is 0.878. The fraction of sp³-hybridized carbons (Fsp3) is 0.611. The second kappa shape index (κ2) is 6.61. The van der Waals surface area contributed by atoms with Crippen LogP contribution in [-0.4, -0.2) is 69.2 Å². The summed E-state index contributed by atoms with van der Waals surface area (Å²) in [7, 11) is 0. The number of hydrogen-bond acceptors (Lipinski definition) is 7. The van der Waals surface area contributed by atoms with Gasteiger partial charge >= 0.3 is 0 Å². The minimum atomic E-state index is -0.552. The highest BCUT2D eigenvalue weighted by Crippen LogP contribution is 2.36. The molecule has 0 aliphatic carbocycles. The van der Waals surface area contributed by atoms with E-state index in [9.17, 15) is 5.11 Å². The predicted molar refractivity (Wildman–Crippen MR) is 93.8 cm³/mol. The van der Waals surface area contributed by atoms with Crippen LogP contribution >= 0.6 is 0 Å². The first-order chi connectivity index (χ1) is 12.8. The molecule has 0 spiro atoms. The zero-order valence-corrected chi connectivity index (χ0v) is 14.6. The minimum Gasteiger partial charge on any atom is -0.388 e. The third-order valence-corrected chi connectivity index (χ3v) is 5.56. The number of hydrogen-bond donors (Lipinski definition) is 1. The van der Waals surface area contributed by atoms with Crippen molar-refractivity contribution < 1.29 is 14.6 Å². The number of ether oxygens (including phenoxy) is 2. The topological polar surface area (TPSA) is 85.5 Å². The highest BCUT2D eigenvalue weighted by molar-refractivity contribution is 5.54. The van der Waals surface area contributed by atoms with E-state index in [0.717, 1.165) is 30.4 Å². The molecule has 2 aromatic heterocycles. The lowest BCUT2D eigenvalue weighted by Gasteiger charge is -2.26. The predicted octanol–water partition coefficient (Wildman–Crippen LogP) is 1.03. The minimum absolute atomic E-state index is 0.00331. The highest BCUT2D eigenvalue weighted by Gasteiger charge is 2.48. The molecular weight excluding hydrogens is 334 g/mol. The first-order valence-electron chi connectivity index (χ1n) is 9.33. The molecule has 3 fully saturated rings. The van der Waals surface area contributed by atoms with Gasteiger partial charge in [0, 0.05) is 37.9 Å². The number of aromatic nitrogens is 4. The van der Waals surface area contributed by atoms with Crippen LogP contribution in [0.2, 0.25) is 0 Å². The van der Waals surface area contributed by atoms with Crippen LogP contribution in [0.25, 0.3) is 11.4 Å². The maximum atomic E-state index is 9.96. The second-order valence-corrected chi connectivity index (χ2v) is 7.21. The van der Waals surface area contributed by atoms with Crippen molar-refractivity contribution in [2.45, 2.75) is 43.6 Å². The summed E-state index contributed by atoms with van der Waals surface area (Å²) >= 11 is 0. The highest BCUT2D eigenvalue weighted by atomic mass is 16.6. The van der Waals surface area contributed by atoms with Gasteiger partial charge in [-0.2, -0.15) is 0 Å². The molecule has 0 aromatic carbocycles. The Balaban J connectivity index is 1.39. The molecule has 26 heavy (non-hydrogen) atoms. The molecule has 3 saturated heterocycles. The molecule has 0 unspecified atom stereocenters. The van der Waals surface area contributed by atoms with Gasteiger partial charge in [-0.05, 0) is 19.3 Å². The molecule has 3 aliphatic heterocycles. The molecule has 3 aliphatic rings. The second-order valence-electron chi connectivity index (χ2n) is 7.21. The Labute approximate surface area is 151 Å². The van der Waals surface area contributed by atoms with Crippen molar-refractivity contribution in [1.29, 1.82) is 0 Å². The lowest BCUT2D eigenvalue weighted by Crippen LogP contribution is -2.31. The molecule has 138 valence electrons. The van der Waals surface area contributed by atoms with Crippen molar-refractivity contribution >= 4 is 5.95 Å². The number of nitrogens with zero attached hydrogens (tertiary/aromatic N) is 5. The molecule has 8 nitrogen and oxygen atoms in total. The van der Waals surface area contributed by atoms with Crippen LogP contribution in [-0.2, 0) is 9.47 Å². The van der Waals surface area contributed by atoms with E-state index >= 15 is 0 Å². The zero-order chi connectivity index (χ0) is 17.5. The SMILES string of the molecule is O[C@@H]1CO[C@H]2[C@@H]1OC[C@@H]2n1ccnc1-c1cnc(N2CCCCC2)nc1. The van der Waals surface area contributed by atoms with Crippen LogP contribution in [0.4, 0.5) is 5.95 Å². The van der Waals surface area contributed by atoms with Gasteiger partial charge in [-0.1, -0.05) is 0 Å². The average molecular weight is 357 g/mol. The summed E-state index contributed by atoms with van der Waals surface area (Å²) in [5.74, 6) is 1.59. The molecule has 0 bridgehead atoms. The van der Waals surface area contributed by atoms with Crippen LogP contribution in [0.5, 0.6) is 0 Å². The largest absolute Gasteiger partial charge is 0.388 e.